The fraction of sp³-hybridized carbons (Fsp3) is 0.211. The van der Waals surface area contributed by atoms with Crippen molar-refractivity contribution in [3.63, 3.8) is 0 Å². The van der Waals surface area contributed by atoms with E-state index in [0.29, 0.717) is 5.13 Å². The topological polar surface area (TPSA) is 67.4 Å². The van der Waals surface area contributed by atoms with Gasteiger partial charge in [-0.3, -0.25) is 4.79 Å². The summed E-state index contributed by atoms with van der Waals surface area (Å²) in [5, 5.41) is 12.0. The summed E-state index contributed by atoms with van der Waals surface area (Å²) in [4.78, 5) is 13.5. The highest BCUT2D eigenvalue weighted by Gasteiger charge is 2.18. The highest BCUT2D eigenvalue weighted by Crippen LogP contribution is 2.31. The van der Waals surface area contributed by atoms with Gasteiger partial charge in [0.1, 0.15) is 11.5 Å². The van der Waals surface area contributed by atoms with E-state index in [2.05, 4.69) is 15.5 Å². The molecule has 2 aromatic carbocycles. The van der Waals surface area contributed by atoms with Crippen LogP contribution in [0.15, 0.2) is 58.9 Å². The molecule has 3 aromatic rings. The van der Waals surface area contributed by atoms with Crippen LogP contribution in [0, 0.1) is 0 Å². The predicted molar refractivity (Wildman–Crippen MR) is 110 cm³/mol. The summed E-state index contributed by atoms with van der Waals surface area (Å²) < 4.78 is 6.53. The van der Waals surface area contributed by atoms with Crippen molar-refractivity contribution in [3.8, 4) is 11.5 Å². The van der Waals surface area contributed by atoms with Gasteiger partial charge in [0.25, 0.3) is 0 Å². The molecule has 0 radical (unpaired) electrons. The Bertz CT molecular complexity index is 882. The van der Waals surface area contributed by atoms with Crippen LogP contribution in [0.25, 0.3) is 0 Å². The van der Waals surface area contributed by atoms with Crippen LogP contribution in [0.5, 0.6) is 11.5 Å². The van der Waals surface area contributed by atoms with E-state index in [9.17, 15) is 4.79 Å². The van der Waals surface area contributed by atoms with Crippen molar-refractivity contribution in [3.05, 3.63) is 54.6 Å². The quantitative estimate of drug-likeness (QED) is 0.583. The van der Waals surface area contributed by atoms with E-state index in [1.807, 2.05) is 61.5 Å². The minimum atomic E-state index is -0.199. The molecule has 0 bridgehead atoms. The lowest BCUT2D eigenvalue weighted by atomic mass is 10.3. The van der Waals surface area contributed by atoms with Gasteiger partial charge in [-0.25, -0.2) is 0 Å². The van der Waals surface area contributed by atoms with Crippen molar-refractivity contribution >= 4 is 39.8 Å². The van der Waals surface area contributed by atoms with Crippen LogP contribution >= 0.6 is 23.1 Å². The molecule has 140 valence electrons. The normalized spacial score (nSPS) is 11.7. The highest BCUT2D eigenvalue weighted by molar-refractivity contribution is 8.02. The summed E-state index contributed by atoms with van der Waals surface area (Å²) in [6.45, 7) is 1.87. The van der Waals surface area contributed by atoms with Crippen LogP contribution in [-0.2, 0) is 4.79 Å². The first-order valence-corrected chi connectivity index (χ1v) is 10.0. The number of para-hydroxylation sites is 1. The van der Waals surface area contributed by atoms with Crippen LogP contribution in [0.1, 0.15) is 6.92 Å². The van der Waals surface area contributed by atoms with E-state index in [4.69, 9.17) is 4.74 Å². The smallest absolute Gasteiger partial charge is 0.235 e. The maximum atomic E-state index is 11.9. The van der Waals surface area contributed by atoms with E-state index in [0.717, 1.165) is 21.5 Å². The molecule has 1 aromatic heterocycles. The van der Waals surface area contributed by atoms with Gasteiger partial charge in [0, 0.05) is 19.8 Å². The van der Waals surface area contributed by atoms with Crippen LogP contribution in [-0.4, -0.2) is 40.3 Å². The Morgan fingerprint density at radius 2 is 1.74 bits per heavy atom. The Labute approximate surface area is 166 Å². The van der Waals surface area contributed by atoms with Crippen molar-refractivity contribution in [1.82, 2.24) is 15.1 Å². The summed E-state index contributed by atoms with van der Waals surface area (Å²) in [5.41, 5.74) is 0.889. The lowest BCUT2D eigenvalue weighted by molar-refractivity contribution is -0.127. The van der Waals surface area contributed by atoms with Gasteiger partial charge < -0.3 is 15.0 Å². The Balaban J connectivity index is 1.58. The number of thioether (sulfide) groups is 1. The van der Waals surface area contributed by atoms with Crippen molar-refractivity contribution in [2.45, 2.75) is 16.5 Å². The molecule has 0 aliphatic heterocycles. The van der Waals surface area contributed by atoms with Gasteiger partial charge in [-0.1, -0.05) is 41.3 Å². The van der Waals surface area contributed by atoms with E-state index in [1.54, 1.807) is 19.0 Å². The van der Waals surface area contributed by atoms with Crippen LogP contribution in [0.3, 0.4) is 0 Å². The number of rotatable bonds is 7. The number of nitrogens with zero attached hydrogens (tertiary/aromatic N) is 3. The zero-order chi connectivity index (χ0) is 19.2. The number of carbonyl (C=O) groups excluding carboxylic acids is 1. The molecule has 1 amide bonds. The highest BCUT2D eigenvalue weighted by atomic mass is 32.2. The number of amides is 1. The summed E-state index contributed by atoms with van der Waals surface area (Å²) >= 11 is 2.83. The van der Waals surface area contributed by atoms with Crippen molar-refractivity contribution in [1.29, 1.82) is 0 Å². The minimum Gasteiger partial charge on any atom is -0.457 e. The molecule has 0 saturated heterocycles. The molecule has 1 atom stereocenters. The number of benzene rings is 2. The van der Waals surface area contributed by atoms with Crippen LogP contribution in [0.2, 0.25) is 0 Å². The molecule has 27 heavy (non-hydrogen) atoms. The molecule has 1 heterocycles. The third kappa shape index (κ3) is 5.45. The molecule has 0 aliphatic carbocycles. The molecule has 1 unspecified atom stereocenters. The fourth-order valence-electron chi connectivity index (χ4n) is 2.23. The Kier molecular flexibility index (Phi) is 6.31. The second-order valence-electron chi connectivity index (χ2n) is 5.93. The van der Waals surface area contributed by atoms with Crippen molar-refractivity contribution in [2.24, 2.45) is 0 Å². The van der Waals surface area contributed by atoms with Crippen molar-refractivity contribution < 1.29 is 9.53 Å². The van der Waals surface area contributed by atoms with Gasteiger partial charge in [-0.05, 0) is 43.3 Å². The molecule has 0 saturated carbocycles. The predicted octanol–water partition coefficient (Wildman–Crippen LogP) is 4.64. The average Bonchev–Trinajstić information content (AvgIpc) is 3.10. The molecule has 0 aliphatic rings. The van der Waals surface area contributed by atoms with Crippen LogP contribution < -0.4 is 10.1 Å². The molecule has 0 spiro atoms. The first-order chi connectivity index (χ1) is 13.0. The van der Waals surface area contributed by atoms with Gasteiger partial charge in [0.05, 0.1) is 5.25 Å². The largest absolute Gasteiger partial charge is 0.457 e. The lowest BCUT2D eigenvalue weighted by Crippen LogP contribution is -2.29. The second-order valence-corrected chi connectivity index (χ2v) is 8.50. The zero-order valence-corrected chi connectivity index (χ0v) is 16.9. The summed E-state index contributed by atoms with van der Waals surface area (Å²) in [6, 6.07) is 17.3. The van der Waals surface area contributed by atoms with E-state index in [1.165, 1.54) is 23.1 Å². The maximum Gasteiger partial charge on any atom is 0.235 e. The maximum absolute atomic E-state index is 11.9. The molecule has 8 heteroatoms. The van der Waals surface area contributed by atoms with Gasteiger partial charge >= 0.3 is 0 Å². The number of hydrogen-bond acceptors (Lipinski definition) is 7. The van der Waals surface area contributed by atoms with Gasteiger partial charge in [-0.15, -0.1) is 10.2 Å². The third-order valence-corrected chi connectivity index (χ3v) is 5.57. The van der Waals surface area contributed by atoms with E-state index >= 15 is 0 Å². The van der Waals surface area contributed by atoms with Crippen LogP contribution in [0.4, 0.5) is 10.8 Å². The number of aromatic nitrogens is 2. The molecular formula is C19H20N4O2S2. The monoisotopic (exact) mass is 400 g/mol. The Hall–Kier alpha value is -2.58. The fourth-order valence-corrected chi connectivity index (χ4v) is 4.29. The van der Waals surface area contributed by atoms with Crippen molar-refractivity contribution in [2.75, 3.05) is 19.4 Å². The zero-order valence-electron chi connectivity index (χ0n) is 15.2. The average molecular weight is 401 g/mol. The number of anilines is 2. The Morgan fingerprint density at radius 3 is 2.41 bits per heavy atom. The van der Waals surface area contributed by atoms with E-state index < -0.39 is 0 Å². The first kappa shape index (κ1) is 19.2. The van der Waals surface area contributed by atoms with Gasteiger partial charge in [0.2, 0.25) is 11.0 Å². The lowest BCUT2D eigenvalue weighted by Gasteiger charge is -2.14. The first-order valence-electron chi connectivity index (χ1n) is 8.32. The number of carbonyl (C=O) groups is 1. The number of hydrogen-bond donors (Lipinski definition) is 1. The number of ether oxygens (including phenoxy) is 1. The SMILES string of the molecule is CC(Sc1nnc(Nc2ccc(Oc3ccccc3)cc2)s1)C(=O)N(C)C. The molecule has 0 fully saturated rings. The summed E-state index contributed by atoms with van der Waals surface area (Å²) in [6.07, 6.45) is 0. The molecule has 3 rings (SSSR count). The molecule has 6 nitrogen and oxygen atoms in total. The second kappa shape index (κ2) is 8.88. The summed E-state index contributed by atoms with van der Waals surface area (Å²) in [5.74, 6) is 1.61. The molecular weight excluding hydrogens is 380 g/mol. The third-order valence-electron chi connectivity index (χ3n) is 3.56. The molecule has 1 N–H and O–H groups in total. The Morgan fingerprint density at radius 1 is 1.07 bits per heavy atom. The summed E-state index contributed by atoms with van der Waals surface area (Å²) in [7, 11) is 3.50. The minimum absolute atomic E-state index is 0.0544. The number of nitrogens with one attached hydrogen (secondary N) is 1. The van der Waals surface area contributed by atoms with E-state index in [-0.39, 0.29) is 11.2 Å². The van der Waals surface area contributed by atoms with Gasteiger partial charge in [-0.2, -0.15) is 0 Å². The standard InChI is InChI=1S/C19H20N4O2S2/c1-13(17(24)23(2)3)26-19-22-21-18(27-19)20-14-9-11-16(12-10-14)25-15-7-5-4-6-8-15/h4-13H,1-3H3,(H,20,21). The van der Waals surface area contributed by atoms with Gasteiger partial charge in [0.15, 0.2) is 4.34 Å².